The van der Waals surface area contributed by atoms with Gasteiger partial charge in [-0.15, -0.1) is 0 Å². The smallest absolute Gasteiger partial charge is 0.227 e. The lowest BCUT2D eigenvalue weighted by Gasteiger charge is -2.30. The monoisotopic (exact) mass is 369 g/mol. The zero-order chi connectivity index (χ0) is 18.9. The average molecular weight is 369 g/mol. The van der Waals surface area contributed by atoms with Crippen molar-refractivity contribution in [2.45, 2.75) is 24.9 Å². The first-order valence-electron chi connectivity index (χ1n) is 9.91. The molecule has 0 radical (unpaired) electrons. The van der Waals surface area contributed by atoms with Crippen molar-refractivity contribution in [3.8, 4) is 0 Å². The van der Waals surface area contributed by atoms with Crippen LogP contribution >= 0.6 is 0 Å². The normalized spacial score (nSPS) is 26.4. The summed E-state index contributed by atoms with van der Waals surface area (Å²) in [6.45, 7) is 0.623. The first-order valence-corrected chi connectivity index (χ1v) is 9.91. The van der Waals surface area contributed by atoms with Gasteiger partial charge in [0.15, 0.2) is 0 Å². The summed E-state index contributed by atoms with van der Waals surface area (Å²) >= 11 is 0. The lowest BCUT2D eigenvalue weighted by Crippen LogP contribution is -2.30. The van der Waals surface area contributed by atoms with Gasteiger partial charge in [-0.25, -0.2) is 0 Å². The molecule has 28 heavy (non-hydrogen) atoms. The van der Waals surface area contributed by atoms with Gasteiger partial charge in [0.2, 0.25) is 5.91 Å². The highest BCUT2D eigenvalue weighted by molar-refractivity contribution is 5.84. The molecule has 3 heteroatoms. The summed E-state index contributed by atoms with van der Waals surface area (Å²) in [6, 6.07) is 22.7. The molecule has 1 amide bonds. The summed E-state index contributed by atoms with van der Waals surface area (Å²) < 4.78 is 5.39. The van der Waals surface area contributed by atoms with Crippen LogP contribution in [0.15, 0.2) is 95.8 Å². The molecule has 1 aliphatic carbocycles. The topological polar surface area (TPSA) is 33.5 Å². The van der Waals surface area contributed by atoms with E-state index in [1.54, 1.807) is 12.5 Å². The molecule has 1 fully saturated rings. The van der Waals surface area contributed by atoms with E-state index in [1.165, 1.54) is 5.56 Å². The lowest BCUT2D eigenvalue weighted by molar-refractivity contribution is -0.133. The third-order valence-corrected chi connectivity index (χ3v) is 6.17. The molecule has 2 aromatic carbocycles. The van der Waals surface area contributed by atoms with Gasteiger partial charge in [0.1, 0.15) is 0 Å². The number of carbonyl (C=O) groups is 1. The van der Waals surface area contributed by atoms with Crippen LogP contribution in [0.2, 0.25) is 0 Å². The number of fused-ring (bicyclic) bond motifs is 1. The van der Waals surface area contributed by atoms with E-state index in [4.69, 9.17) is 4.42 Å². The average Bonchev–Trinajstić information content (AvgIpc) is 3.37. The minimum absolute atomic E-state index is 0.0132. The lowest BCUT2D eigenvalue weighted by atomic mass is 9.72. The molecular weight excluding hydrogens is 346 g/mol. The van der Waals surface area contributed by atoms with Crippen LogP contribution in [0, 0.1) is 11.8 Å². The van der Waals surface area contributed by atoms with Crippen molar-refractivity contribution in [1.82, 2.24) is 4.90 Å². The Morgan fingerprint density at radius 1 is 0.929 bits per heavy atom. The number of amides is 1. The summed E-state index contributed by atoms with van der Waals surface area (Å²) in [5, 5.41) is 0. The second kappa shape index (κ2) is 7.16. The summed E-state index contributed by atoms with van der Waals surface area (Å²) in [5.41, 5.74) is 3.49. The number of allylic oxidation sites excluding steroid dienone is 1. The molecular formula is C25H23NO2. The van der Waals surface area contributed by atoms with E-state index >= 15 is 0 Å². The maximum absolute atomic E-state index is 13.7. The molecule has 3 aromatic rings. The molecule has 0 bridgehead atoms. The van der Waals surface area contributed by atoms with Gasteiger partial charge < -0.3 is 9.32 Å². The first kappa shape index (κ1) is 17.1. The van der Waals surface area contributed by atoms with Crippen molar-refractivity contribution in [2.24, 2.45) is 11.8 Å². The Morgan fingerprint density at radius 3 is 2.39 bits per heavy atom. The highest BCUT2D eigenvalue weighted by atomic mass is 16.3. The fraction of sp³-hybridized carbons (Fsp3) is 0.240. The summed E-state index contributed by atoms with van der Waals surface area (Å²) in [7, 11) is 0. The van der Waals surface area contributed by atoms with Gasteiger partial charge in [-0.05, 0) is 29.5 Å². The van der Waals surface area contributed by atoms with Crippen molar-refractivity contribution in [2.75, 3.05) is 0 Å². The van der Waals surface area contributed by atoms with Gasteiger partial charge in [0.25, 0.3) is 0 Å². The molecule has 0 N–H and O–H groups in total. The van der Waals surface area contributed by atoms with Crippen molar-refractivity contribution >= 4 is 5.91 Å². The van der Waals surface area contributed by atoms with Crippen LogP contribution in [0.5, 0.6) is 0 Å². The van der Waals surface area contributed by atoms with Crippen LogP contribution in [0.3, 0.4) is 0 Å². The van der Waals surface area contributed by atoms with E-state index in [0.29, 0.717) is 6.54 Å². The van der Waals surface area contributed by atoms with E-state index in [-0.39, 0.29) is 29.7 Å². The minimum Gasteiger partial charge on any atom is -0.472 e. The molecule has 0 spiro atoms. The molecule has 0 saturated carbocycles. The maximum atomic E-state index is 13.7. The molecule has 1 aromatic heterocycles. The molecule has 140 valence electrons. The Kier molecular flexibility index (Phi) is 4.36. The molecule has 4 atom stereocenters. The summed E-state index contributed by atoms with van der Waals surface area (Å²) in [6.07, 6.45) is 8.91. The standard InChI is InChI=1S/C25H23NO2/c27-25-23-21(19-10-5-2-6-11-19)12-7-13-22(23)24(20-14-15-28-17-20)26(25)16-18-8-3-1-4-9-18/h1-11,13-15,17,21-24H,12,16H2/t21-,22-,23-,24+/m1/s1. The third kappa shape index (κ3) is 2.88. The number of likely N-dealkylation sites (tertiary alicyclic amines) is 1. The van der Waals surface area contributed by atoms with Crippen LogP contribution in [-0.4, -0.2) is 10.8 Å². The van der Waals surface area contributed by atoms with Crippen molar-refractivity contribution < 1.29 is 9.21 Å². The zero-order valence-electron chi connectivity index (χ0n) is 15.6. The van der Waals surface area contributed by atoms with E-state index in [9.17, 15) is 4.79 Å². The van der Waals surface area contributed by atoms with Gasteiger partial charge in [-0.2, -0.15) is 0 Å². The predicted octanol–water partition coefficient (Wildman–Crippen LogP) is 5.34. The number of nitrogens with zero attached hydrogens (tertiary/aromatic N) is 1. The Labute approximate surface area is 165 Å². The second-order valence-electron chi connectivity index (χ2n) is 7.74. The van der Waals surface area contributed by atoms with E-state index in [2.05, 4.69) is 53.5 Å². The largest absolute Gasteiger partial charge is 0.472 e. The van der Waals surface area contributed by atoms with Crippen LogP contribution in [0.1, 0.15) is 35.1 Å². The number of hydrogen-bond donors (Lipinski definition) is 0. The van der Waals surface area contributed by atoms with Crippen molar-refractivity contribution in [3.05, 3.63) is 108 Å². The van der Waals surface area contributed by atoms with Crippen molar-refractivity contribution in [3.63, 3.8) is 0 Å². The molecule has 2 heterocycles. The second-order valence-corrected chi connectivity index (χ2v) is 7.74. The Balaban J connectivity index is 1.55. The van der Waals surface area contributed by atoms with Gasteiger partial charge in [0, 0.05) is 18.0 Å². The zero-order valence-corrected chi connectivity index (χ0v) is 15.6. The van der Waals surface area contributed by atoms with Gasteiger partial charge in [0.05, 0.1) is 24.5 Å². The van der Waals surface area contributed by atoms with Crippen molar-refractivity contribution in [1.29, 1.82) is 0 Å². The van der Waals surface area contributed by atoms with Gasteiger partial charge in [-0.3, -0.25) is 4.79 Å². The molecule has 0 unspecified atom stereocenters. The first-order chi connectivity index (χ1) is 13.8. The third-order valence-electron chi connectivity index (χ3n) is 6.17. The van der Waals surface area contributed by atoms with E-state index in [0.717, 1.165) is 17.5 Å². The number of hydrogen-bond acceptors (Lipinski definition) is 2. The fourth-order valence-corrected chi connectivity index (χ4v) is 4.94. The maximum Gasteiger partial charge on any atom is 0.227 e. The number of furan rings is 1. The number of benzene rings is 2. The van der Waals surface area contributed by atoms with Gasteiger partial charge >= 0.3 is 0 Å². The molecule has 5 rings (SSSR count). The molecule has 1 saturated heterocycles. The van der Waals surface area contributed by atoms with E-state index in [1.807, 2.05) is 30.3 Å². The molecule has 1 aliphatic heterocycles. The SMILES string of the molecule is O=C1[C@H]2[C@@H](C=CC[C@@H]2c2ccccc2)[C@H](c2ccoc2)N1Cc1ccccc1. The van der Waals surface area contributed by atoms with Crippen LogP contribution < -0.4 is 0 Å². The highest BCUT2D eigenvalue weighted by Crippen LogP contribution is 2.51. The Hall–Kier alpha value is -3.07. The highest BCUT2D eigenvalue weighted by Gasteiger charge is 2.51. The van der Waals surface area contributed by atoms with Crippen LogP contribution in [0.25, 0.3) is 0 Å². The number of rotatable bonds is 4. The predicted molar refractivity (Wildman–Crippen MR) is 108 cm³/mol. The Bertz CT molecular complexity index is 962. The quantitative estimate of drug-likeness (QED) is 0.582. The van der Waals surface area contributed by atoms with E-state index < -0.39 is 0 Å². The van der Waals surface area contributed by atoms with Gasteiger partial charge in [-0.1, -0.05) is 72.8 Å². The minimum atomic E-state index is -0.0315. The van der Waals surface area contributed by atoms with Crippen LogP contribution in [-0.2, 0) is 11.3 Å². The fourth-order valence-electron chi connectivity index (χ4n) is 4.94. The van der Waals surface area contributed by atoms with Crippen LogP contribution in [0.4, 0.5) is 0 Å². The molecule has 2 aliphatic rings. The number of carbonyl (C=O) groups excluding carboxylic acids is 1. The summed E-state index contributed by atoms with van der Waals surface area (Å²) in [4.78, 5) is 15.8. The Morgan fingerprint density at radius 2 is 1.68 bits per heavy atom. The molecule has 3 nitrogen and oxygen atoms in total. The summed E-state index contributed by atoms with van der Waals surface area (Å²) in [5.74, 6) is 0.598.